The molecule has 0 heterocycles. The quantitative estimate of drug-likeness (QED) is 0.426. The molecule has 0 aliphatic heterocycles. The number of carbonyl (C=O) groups is 1. The van der Waals surface area contributed by atoms with Gasteiger partial charge in [0.2, 0.25) is 0 Å². The highest BCUT2D eigenvalue weighted by Gasteiger charge is 1.75. The van der Waals surface area contributed by atoms with Gasteiger partial charge in [0.05, 0.1) is 7.11 Å². The van der Waals surface area contributed by atoms with Crippen LogP contribution in [-0.2, 0) is 9.53 Å². The van der Waals surface area contributed by atoms with E-state index in [1.165, 1.54) is 14.0 Å². The molecular weight excluding hydrogens is 182 g/mol. The summed E-state index contributed by atoms with van der Waals surface area (Å²) in [5.41, 5.74) is 0. The van der Waals surface area contributed by atoms with Crippen molar-refractivity contribution in [2.75, 3.05) is 7.11 Å². The fourth-order valence-electron chi connectivity index (χ4n) is 0. The van der Waals surface area contributed by atoms with Gasteiger partial charge in [-0.2, -0.15) is 0 Å². The molecule has 0 unspecified atom stereocenters. The maximum Gasteiger partial charge on any atom is 0.302 e. The number of hydrogen-bond acceptors (Lipinski definition) is 2. The number of rotatable bonds is 0. The van der Waals surface area contributed by atoms with Gasteiger partial charge in [-0.3, -0.25) is 33.0 Å². The molecule has 0 aliphatic carbocycles. The second kappa shape index (κ2) is 63.0. The van der Waals surface area contributed by atoms with Crippen molar-refractivity contribution in [3.05, 3.63) is 0 Å². The molecule has 0 spiro atoms. The first kappa shape index (κ1) is 88.5. The van der Waals surface area contributed by atoms with Gasteiger partial charge in [0.1, 0.15) is 0 Å². The van der Waals surface area contributed by atoms with Gasteiger partial charge < -0.3 is 4.74 Å². The molecule has 8 heteroatoms. The molecule has 0 aliphatic rings. The maximum atomic E-state index is 9.59. The Bertz CT molecular complexity index is 51.1. The molecule has 0 saturated carbocycles. The van der Waals surface area contributed by atoms with Crippen LogP contribution in [-0.4, -0.2) is 13.1 Å². The molecule has 78 valence electrons. The SMILES string of the molecule is COC(C)=O.F.F.F.F.F.F. The Balaban J connectivity index is -0.00000000533. The summed E-state index contributed by atoms with van der Waals surface area (Å²) < 4.78 is 4.11. The molecular formula is C3H12F6O2. The molecule has 0 N–H and O–H groups in total. The number of ether oxygens (including phenoxy) is 1. The monoisotopic (exact) mass is 194 g/mol. The standard InChI is InChI=1S/C3H6O2.6FH/c1-3(4)5-2;;;;;;/h1-2H3;6*1H. The van der Waals surface area contributed by atoms with Crippen molar-refractivity contribution in [2.45, 2.75) is 6.92 Å². The van der Waals surface area contributed by atoms with Gasteiger partial charge in [-0.1, -0.05) is 0 Å². The zero-order chi connectivity index (χ0) is 4.28. The number of hydrogen-bond donors (Lipinski definition) is 0. The van der Waals surface area contributed by atoms with Gasteiger partial charge in [0.15, 0.2) is 0 Å². The van der Waals surface area contributed by atoms with Gasteiger partial charge in [-0.25, -0.2) is 0 Å². The third-order valence-corrected chi connectivity index (χ3v) is 0.287. The lowest BCUT2D eigenvalue weighted by atomic mass is 10.8. The molecule has 11 heavy (non-hydrogen) atoms. The summed E-state index contributed by atoms with van der Waals surface area (Å²) >= 11 is 0. The van der Waals surface area contributed by atoms with Crippen molar-refractivity contribution >= 4 is 5.97 Å². The smallest absolute Gasteiger partial charge is 0.302 e. The van der Waals surface area contributed by atoms with Crippen LogP contribution >= 0.6 is 0 Å². The summed E-state index contributed by atoms with van der Waals surface area (Å²) in [7, 11) is 1.35. The Morgan fingerprint density at radius 1 is 0.909 bits per heavy atom. The van der Waals surface area contributed by atoms with Crippen LogP contribution < -0.4 is 0 Å². The van der Waals surface area contributed by atoms with Crippen LogP contribution in [0.15, 0.2) is 0 Å². The molecule has 0 bridgehead atoms. The van der Waals surface area contributed by atoms with E-state index in [0.29, 0.717) is 0 Å². The van der Waals surface area contributed by atoms with Crippen LogP contribution in [0.3, 0.4) is 0 Å². The Morgan fingerprint density at radius 2 is 1.00 bits per heavy atom. The van der Waals surface area contributed by atoms with E-state index in [1.807, 2.05) is 0 Å². The molecule has 2 nitrogen and oxygen atoms in total. The maximum absolute atomic E-state index is 9.59. The third kappa shape index (κ3) is 408. The Morgan fingerprint density at radius 3 is 1.00 bits per heavy atom. The van der Waals surface area contributed by atoms with Gasteiger partial charge in [-0.05, 0) is 0 Å². The highest BCUT2D eigenvalue weighted by molar-refractivity contribution is 5.65. The fraction of sp³-hybridized carbons (Fsp3) is 0.667. The molecule has 0 saturated heterocycles. The van der Waals surface area contributed by atoms with E-state index in [2.05, 4.69) is 4.74 Å². The van der Waals surface area contributed by atoms with E-state index in [4.69, 9.17) is 0 Å². The van der Waals surface area contributed by atoms with Crippen LogP contribution in [0.1, 0.15) is 6.92 Å². The van der Waals surface area contributed by atoms with E-state index in [0.717, 1.165) is 0 Å². The lowest BCUT2D eigenvalue weighted by molar-refractivity contribution is -0.137. The molecule has 0 aromatic carbocycles. The first-order valence-corrected chi connectivity index (χ1v) is 1.32. The van der Waals surface area contributed by atoms with Crippen molar-refractivity contribution in [1.82, 2.24) is 0 Å². The minimum atomic E-state index is -0.245. The van der Waals surface area contributed by atoms with Crippen LogP contribution in [0, 0.1) is 0 Å². The molecule has 0 fully saturated rings. The Kier molecular flexibility index (Phi) is 507. The average Bonchev–Trinajstić information content (AvgIpc) is 1.38. The zero-order valence-corrected chi connectivity index (χ0v) is 5.77. The molecule has 0 aromatic heterocycles. The van der Waals surface area contributed by atoms with Crippen molar-refractivity contribution in [3.63, 3.8) is 0 Å². The normalized spacial score (nSPS) is 3.09. The zero-order valence-electron chi connectivity index (χ0n) is 5.77. The Hall–Kier alpha value is -0.950. The second-order valence-corrected chi connectivity index (χ2v) is 0.696. The van der Waals surface area contributed by atoms with E-state index >= 15 is 0 Å². The molecule has 0 rings (SSSR count). The summed E-state index contributed by atoms with van der Waals surface area (Å²) in [5, 5.41) is 0. The van der Waals surface area contributed by atoms with Crippen LogP contribution in [0.25, 0.3) is 0 Å². The highest BCUT2D eigenvalue weighted by atomic mass is 19.0. The van der Waals surface area contributed by atoms with E-state index in [1.54, 1.807) is 0 Å². The summed E-state index contributed by atoms with van der Waals surface area (Å²) in [5.74, 6) is -0.245. The number of halogens is 6. The summed E-state index contributed by atoms with van der Waals surface area (Å²) in [6.45, 7) is 1.36. The summed E-state index contributed by atoms with van der Waals surface area (Å²) in [6.07, 6.45) is 0. The summed E-state index contributed by atoms with van der Waals surface area (Å²) in [4.78, 5) is 9.59. The predicted molar refractivity (Wildman–Crippen MR) is 32.7 cm³/mol. The molecule has 0 amide bonds. The van der Waals surface area contributed by atoms with Crippen molar-refractivity contribution in [2.24, 2.45) is 0 Å². The Labute approximate surface area is 59.1 Å². The van der Waals surface area contributed by atoms with E-state index in [9.17, 15) is 4.79 Å². The number of carbonyl (C=O) groups excluding carboxylic acids is 1. The average molecular weight is 194 g/mol. The molecule has 0 atom stereocenters. The number of esters is 1. The largest absolute Gasteiger partial charge is 0.469 e. The van der Waals surface area contributed by atoms with Crippen LogP contribution in [0.4, 0.5) is 28.2 Å². The van der Waals surface area contributed by atoms with Crippen molar-refractivity contribution < 1.29 is 37.8 Å². The molecule has 0 radical (unpaired) electrons. The minimum absolute atomic E-state index is 0. The third-order valence-electron chi connectivity index (χ3n) is 0.287. The molecule has 0 aromatic rings. The van der Waals surface area contributed by atoms with Gasteiger partial charge >= 0.3 is 5.97 Å². The fourth-order valence-corrected chi connectivity index (χ4v) is 0. The van der Waals surface area contributed by atoms with Crippen molar-refractivity contribution in [3.8, 4) is 0 Å². The number of methoxy groups -OCH3 is 1. The second-order valence-electron chi connectivity index (χ2n) is 0.696. The van der Waals surface area contributed by atoms with Gasteiger partial charge in [-0.15, -0.1) is 0 Å². The van der Waals surface area contributed by atoms with Gasteiger partial charge in [0, 0.05) is 6.92 Å². The minimum Gasteiger partial charge on any atom is -0.469 e. The highest BCUT2D eigenvalue weighted by Crippen LogP contribution is 1.60. The predicted octanol–water partition coefficient (Wildman–Crippen LogP) is 1.09. The summed E-state index contributed by atoms with van der Waals surface area (Å²) in [6, 6.07) is 0. The van der Waals surface area contributed by atoms with E-state index < -0.39 is 0 Å². The first-order valence-electron chi connectivity index (χ1n) is 1.32. The van der Waals surface area contributed by atoms with Crippen molar-refractivity contribution in [1.29, 1.82) is 0 Å². The van der Waals surface area contributed by atoms with Crippen LogP contribution in [0.2, 0.25) is 0 Å². The lowest BCUT2D eigenvalue weighted by Gasteiger charge is -1.80. The van der Waals surface area contributed by atoms with E-state index in [-0.39, 0.29) is 34.2 Å². The lowest BCUT2D eigenvalue weighted by Crippen LogP contribution is -1.88. The van der Waals surface area contributed by atoms with Gasteiger partial charge in [0.25, 0.3) is 0 Å². The first-order chi connectivity index (χ1) is 2.27. The topological polar surface area (TPSA) is 26.3 Å². The van der Waals surface area contributed by atoms with Crippen LogP contribution in [0.5, 0.6) is 0 Å².